The molecule has 0 amide bonds. The monoisotopic (exact) mass is 422 g/mol. The number of aliphatic hydroxyl groups is 1. The minimum atomic E-state index is -0.970. The Hall–Kier alpha value is -1.38. The molecule has 1 atom stereocenters. The van der Waals surface area contributed by atoms with Gasteiger partial charge in [-0.3, -0.25) is 0 Å². The molecule has 0 saturated carbocycles. The molecule has 1 aromatic carbocycles. The van der Waals surface area contributed by atoms with Crippen LogP contribution < -0.4 is 4.89 Å². The van der Waals surface area contributed by atoms with Crippen molar-refractivity contribution < 1.29 is 55.2 Å². The van der Waals surface area contributed by atoms with E-state index in [0.29, 0.717) is 18.6 Å². The van der Waals surface area contributed by atoms with Gasteiger partial charge in [0.2, 0.25) is 0 Å². The molecule has 11 nitrogen and oxygen atoms in total. The highest BCUT2D eigenvalue weighted by Crippen LogP contribution is 2.41. The summed E-state index contributed by atoms with van der Waals surface area (Å²) in [6, 6.07) is 8.46. The number of hydrogen-bond acceptors (Lipinski definition) is 11. The van der Waals surface area contributed by atoms with Gasteiger partial charge >= 0.3 is 0 Å². The second-order valence-electron chi connectivity index (χ2n) is 8.53. The minimum absolute atomic E-state index is 0.0400. The van der Waals surface area contributed by atoms with Crippen LogP contribution in [0.5, 0.6) is 5.75 Å². The van der Waals surface area contributed by atoms with E-state index < -0.39 is 5.60 Å². The van der Waals surface area contributed by atoms with Crippen molar-refractivity contribution in [3.63, 3.8) is 0 Å². The third kappa shape index (κ3) is 11.4. The lowest BCUT2D eigenvalue weighted by atomic mass is 9.67. The third-order valence-corrected chi connectivity index (χ3v) is 3.93. The number of benzene rings is 1. The molecule has 0 aliphatic carbocycles. The molecule has 1 aromatic rings. The topological polar surface area (TPSA) is 113 Å². The summed E-state index contributed by atoms with van der Waals surface area (Å²) in [6.07, 6.45) is 0.888. The molecule has 0 aliphatic rings. The van der Waals surface area contributed by atoms with Gasteiger partial charge in [-0.15, -0.1) is 0 Å². The first-order valence-electron chi connectivity index (χ1n) is 8.94. The average Bonchev–Trinajstić information content (AvgIpc) is 2.61. The SMILES string of the molecule is CC(C)(C)CC(O)(CCOOOOOOOOOOc1ccccc1)C(C)(C)C. The highest BCUT2D eigenvalue weighted by molar-refractivity contribution is 5.19. The van der Waals surface area contributed by atoms with E-state index >= 15 is 0 Å². The van der Waals surface area contributed by atoms with Gasteiger partial charge in [0, 0.05) is 26.6 Å². The molecule has 168 valence electrons. The zero-order chi connectivity index (χ0) is 21.8. The van der Waals surface area contributed by atoms with Gasteiger partial charge < -0.3 is 9.99 Å². The molecule has 11 heteroatoms. The van der Waals surface area contributed by atoms with Gasteiger partial charge in [-0.25, -0.2) is 4.89 Å². The van der Waals surface area contributed by atoms with E-state index in [-0.39, 0.29) is 17.4 Å². The Balaban J connectivity index is 2.03. The lowest BCUT2D eigenvalue weighted by Gasteiger charge is -2.44. The molecule has 29 heavy (non-hydrogen) atoms. The van der Waals surface area contributed by atoms with Gasteiger partial charge in [0.25, 0.3) is 0 Å². The molecule has 1 rings (SSSR count). The summed E-state index contributed by atoms with van der Waals surface area (Å²) in [5.74, 6) is 0.364. The molecule has 0 bridgehead atoms. The Morgan fingerprint density at radius 2 is 1.24 bits per heavy atom. The van der Waals surface area contributed by atoms with E-state index in [4.69, 9.17) is 4.89 Å². The van der Waals surface area contributed by atoms with Gasteiger partial charge in [0.1, 0.15) is 0 Å². The molecule has 0 aliphatic heterocycles. The smallest absolute Gasteiger partial charge is 0.168 e. The van der Waals surface area contributed by atoms with Gasteiger partial charge in [-0.2, -0.15) is 0 Å². The van der Waals surface area contributed by atoms with E-state index in [1.54, 1.807) is 30.3 Å². The lowest BCUT2D eigenvalue weighted by Crippen LogP contribution is -2.46. The first kappa shape index (κ1) is 25.7. The van der Waals surface area contributed by atoms with Crippen molar-refractivity contribution in [1.82, 2.24) is 0 Å². The number of para-hydroxylation sites is 1. The Bertz CT molecular complexity index is 541. The van der Waals surface area contributed by atoms with Crippen LogP contribution in [0.15, 0.2) is 30.3 Å². The summed E-state index contributed by atoms with van der Waals surface area (Å²) in [5, 5.41) is 43.1. The van der Waals surface area contributed by atoms with Crippen LogP contribution in [0.1, 0.15) is 54.4 Å². The Kier molecular flexibility index (Phi) is 10.9. The zero-order valence-electron chi connectivity index (χ0n) is 17.5. The molecule has 0 fully saturated rings. The summed E-state index contributed by atoms with van der Waals surface area (Å²) in [4.78, 5) is 9.41. The third-order valence-electron chi connectivity index (χ3n) is 3.93. The normalized spacial score (nSPS) is 14.6. The predicted octanol–water partition coefficient (Wildman–Crippen LogP) is 4.05. The minimum Gasteiger partial charge on any atom is -0.389 e. The molecular formula is C18H30O11. The Labute approximate surface area is 169 Å². The van der Waals surface area contributed by atoms with Crippen LogP contribution in [0.3, 0.4) is 0 Å². The van der Waals surface area contributed by atoms with Gasteiger partial charge in [0.15, 0.2) is 5.75 Å². The largest absolute Gasteiger partial charge is 0.389 e. The molecule has 1 unspecified atom stereocenters. The van der Waals surface area contributed by atoms with Gasteiger partial charge in [-0.1, -0.05) is 59.7 Å². The van der Waals surface area contributed by atoms with E-state index in [9.17, 15) is 5.11 Å². The quantitative estimate of drug-likeness (QED) is 0.266. The summed E-state index contributed by atoms with van der Waals surface area (Å²) in [6.45, 7) is 12.1. The lowest BCUT2D eigenvalue weighted by molar-refractivity contribution is -0.841. The van der Waals surface area contributed by atoms with Gasteiger partial charge in [-0.05, 0) is 49.5 Å². The summed E-state index contributed by atoms with van der Waals surface area (Å²) < 4.78 is 0. The van der Waals surface area contributed by atoms with E-state index in [2.05, 4.69) is 66.0 Å². The molecule has 0 radical (unpaired) electrons. The van der Waals surface area contributed by atoms with Crippen LogP contribution in [-0.4, -0.2) is 17.3 Å². The molecule has 0 spiro atoms. The highest BCUT2D eigenvalue weighted by atomic mass is 17.9. The van der Waals surface area contributed by atoms with Gasteiger partial charge in [0.05, 0.1) is 12.2 Å². The first-order valence-corrected chi connectivity index (χ1v) is 8.94. The fourth-order valence-corrected chi connectivity index (χ4v) is 2.47. The van der Waals surface area contributed by atoms with Crippen molar-refractivity contribution >= 4 is 0 Å². The van der Waals surface area contributed by atoms with Crippen LogP contribution in [0.4, 0.5) is 0 Å². The standard InChI is InChI=1S/C18H30O11/c1-16(2,3)14-18(19,17(4,5)6)12-13-20-22-24-26-28-29-27-25-23-21-15-10-8-7-9-11-15/h7-11,19H,12-14H2,1-6H3. The number of hydrogen-bond donors (Lipinski definition) is 1. The molecule has 0 aromatic heterocycles. The van der Waals surface area contributed by atoms with Crippen molar-refractivity contribution in [2.24, 2.45) is 10.8 Å². The van der Waals surface area contributed by atoms with Crippen molar-refractivity contribution in [3.8, 4) is 5.75 Å². The summed E-state index contributed by atoms with van der Waals surface area (Å²) in [7, 11) is 0. The fraction of sp³-hybridized carbons (Fsp3) is 0.667. The summed E-state index contributed by atoms with van der Waals surface area (Å²) >= 11 is 0. The summed E-state index contributed by atoms with van der Waals surface area (Å²) in [5.41, 5.74) is -1.39. The molecule has 0 heterocycles. The van der Waals surface area contributed by atoms with Crippen molar-refractivity contribution in [1.29, 1.82) is 0 Å². The van der Waals surface area contributed by atoms with Crippen LogP contribution in [-0.2, 0) is 45.2 Å². The van der Waals surface area contributed by atoms with E-state index in [1.165, 1.54) is 0 Å². The first-order chi connectivity index (χ1) is 13.5. The maximum atomic E-state index is 11.0. The molecular weight excluding hydrogens is 392 g/mol. The predicted molar refractivity (Wildman–Crippen MR) is 94.8 cm³/mol. The number of rotatable bonds is 14. The van der Waals surface area contributed by atoms with Crippen LogP contribution in [0.25, 0.3) is 0 Å². The molecule has 1 N–H and O–H groups in total. The van der Waals surface area contributed by atoms with E-state index in [1.807, 2.05) is 20.8 Å². The van der Waals surface area contributed by atoms with Crippen molar-refractivity contribution in [3.05, 3.63) is 30.3 Å². The average molecular weight is 422 g/mol. The zero-order valence-corrected chi connectivity index (χ0v) is 17.5. The second-order valence-corrected chi connectivity index (χ2v) is 8.53. The maximum Gasteiger partial charge on any atom is 0.168 e. The second kappa shape index (κ2) is 12.3. The maximum absolute atomic E-state index is 11.0. The molecule has 0 saturated heterocycles. The van der Waals surface area contributed by atoms with Crippen LogP contribution >= 0.6 is 0 Å². The Morgan fingerprint density at radius 3 is 1.76 bits per heavy atom. The highest BCUT2D eigenvalue weighted by Gasteiger charge is 2.42. The fourth-order valence-electron chi connectivity index (χ4n) is 2.47. The van der Waals surface area contributed by atoms with Crippen molar-refractivity contribution in [2.75, 3.05) is 6.61 Å². The van der Waals surface area contributed by atoms with E-state index in [0.717, 1.165) is 0 Å². The Morgan fingerprint density at radius 1 is 0.724 bits per heavy atom. The van der Waals surface area contributed by atoms with Crippen molar-refractivity contribution in [2.45, 2.75) is 60.0 Å². The van der Waals surface area contributed by atoms with Crippen LogP contribution in [0.2, 0.25) is 0 Å². The van der Waals surface area contributed by atoms with Crippen LogP contribution in [0, 0.1) is 10.8 Å².